The number of fused-ring (bicyclic) bond motifs is 1. The fourth-order valence-electron chi connectivity index (χ4n) is 2.36. The highest BCUT2D eigenvalue weighted by atomic mass is 19.4. The lowest BCUT2D eigenvalue weighted by molar-refractivity contribution is -0.144. The van der Waals surface area contributed by atoms with E-state index in [1.165, 1.54) is 12.1 Å². The van der Waals surface area contributed by atoms with Crippen LogP contribution in [0.5, 0.6) is 0 Å². The van der Waals surface area contributed by atoms with Crippen LogP contribution in [0.25, 0.3) is 10.9 Å². The van der Waals surface area contributed by atoms with Gasteiger partial charge < -0.3 is 4.98 Å². The molecule has 0 saturated carbocycles. The van der Waals surface area contributed by atoms with E-state index in [-0.39, 0.29) is 6.42 Å². The second kappa shape index (κ2) is 5.62. The zero-order valence-electron chi connectivity index (χ0n) is 12.3. The van der Waals surface area contributed by atoms with Crippen molar-refractivity contribution in [1.29, 1.82) is 0 Å². The number of anilines is 1. The van der Waals surface area contributed by atoms with Crippen LogP contribution in [0.2, 0.25) is 0 Å². The SMILES string of the molecule is Cc1[nH]c2ccc(F)cc2c1CC(=O)Nc1n[nH]c(C(F)(F)F)n1. The number of carbonyl (C=O) groups is 1. The van der Waals surface area contributed by atoms with Crippen LogP contribution in [0.1, 0.15) is 17.1 Å². The van der Waals surface area contributed by atoms with Crippen molar-refractivity contribution in [2.24, 2.45) is 0 Å². The molecule has 0 unspecified atom stereocenters. The lowest BCUT2D eigenvalue weighted by Gasteiger charge is -2.02. The lowest BCUT2D eigenvalue weighted by atomic mass is 10.1. The number of amides is 1. The summed E-state index contributed by atoms with van der Waals surface area (Å²) >= 11 is 0. The van der Waals surface area contributed by atoms with Crippen LogP contribution >= 0.6 is 0 Å². The third-order valence-corrected chi connectivity index (χ3v) is 3.42. The molecule has 0 aliphatic rings. The van der Waals surface area contributed by atoms with E-state index in [2.05, 4.69) is 20.4 Å². The van der Waals surface area contributed by atoms with Gasteiger partial charge in [-0.2, -0.15) is 18.2 Å². The molecular formula is C14H11F4N5O. The second-order valence-electron chi connectivity index (χ2n) is 5.15. The van der Waals surface area contributed by atoms with Gasteiger partial charge in [0.2, 0.25) is 17.7 Å². The maximum Gasteiger partial charge on any atom is 0.451 e. The second-order valence-corrected chi connectivity index (χ2v) is 5.15. The zero-order valence-corrected chi connectivity index (χ0v) is 12.3. The predicted molar refractivity (Wildman–Crippen MR) is 76.7 cm³/mol. The van der Waals surface area contributed by atoms with Crippen molar-refractivity contribution in [2.75, 3.05) is 5.32 Å². The Morgan fingerprint density at radius 3 is 2.75 bits per heavy atom. The normalized spacial score (nSPS) is 11.9. The van der Waals surface area contributed by atoms with Crippen molar-refractivity contribution < 1.29 is 22.4 Å². The van der Waals surface area contributed by atoms with Gasteiger partial charge in [0.1, 0.15) is 5.82 Å². The number of alkyl halides is 3. The van der Waals surface area contributed by atoms with Crippen molar-refractivity contribution >= 4 is 22.8 Å². The quantitative estimate of drug-likeness (QED) is 0.640. The lowest BCUT2D eigenvalue weighted by Crippen LogP contribution is -2.16. The van der Waals surface area contributed by atoms with Crippen molar-refractivity contribution in [1.82, 2.24) is 20.2 Å². The van der Waals surface area contributed by atoms with Gasteiger partial charge in [0.05, 0.1) is 6.42 Å². The van der Waals surface area contributed by atoms with Crippen molar-refractivity contribution in [3.05, 3.63) is 41.1 Å². The van der Waals surface area contributed by atoms with Crippen LogP contribution < -0.4 is 5.32 Å². The van der Waals surface area contributed by atoms with Gasteiger partial charge >= 0.3 is 6.18 Å². The molecule has 2 heterocycles. The Labute approximate surface area is 132 Å². The number of benzene rings is 1. The molecule has 3 aromatic rings. The van der Waals surface area contributed by atoms with E-state index in [1.807, 2.05) is 0 Å². The molecule has 0 aliphatic heterocycles. The molecule has 2 aromatic heterocycles. The van der Waals surface area contributed by atoms with Gasteiger partial charge in [-0.1, -0.05) is 0 Å². The van der Waals surface area contributed by atoms with E-state index in [4.69, 9.17) is 0 Å². The highest BCUT2D eigenvalue weighted by molar-refractivity contribution is 5.95. The minimum absolute atomic E-state index is 0.162. The van der Waals surface area contributed by atoms with E-state index in [0.29, 0.717) is 22.2 Å². The maximum absolute atomic E-state index is 13.4. The number of hydrogen-bond acceptors (Lipinski definition) is 3. The molecule has 24 heavy (non-hydrogen) atoms. The predicted octanol–water partition coefficient (Wildman–Crippen LogP) is 2.93. The number of halogens is 4. The van der Waals surface area contributed by atoms with Gasteiger partial charge in [-0.3, -0.25) is 15.2 Å². The van der Waals surface area contributed by atoms with E-state index >= 15 is 0 Å². The first-order valence-corrected chi connectivity index (χ1v) is 6.80. The summed E-state index contributed by atoms with van der Waals surface area (Å²) in [6.07, 6.45) is -4.84. The number of aryl methyl sites for hydroxylation is 1. The summed E-state index contributed by atoms with van der Waals surface area (Å²) < 4.78 is 50.6. The van der Waals surface area contributed by atoms with E-state index in [0.717, 1.165) is 0 Å². The van der Waals surface area contributed by atoms with Gasteiger partial charge in [0.15, 0.2) is 0 Å². The summed E-state index contributed by atoms with van der Waals surface area (Å²) in [4.78, 5) is 18.2. The third-order valence-electron chi connectivity index (χ3n) is 3.42. The first kappa shape index (κ1) is 16.0. The molecule has 6 nitrogen and oxygen atoms in total. The Hall–Kier alpha value is -2.91. The van der Waals surface area contributed by atoms with E-state index < -0.39 is 29.7 Å². The first-order valence-electron chi connectivity index (χ1n) is 6.80. The van der Waals surface area contributed by atoms with Crippen molar-refractivity contribution in [3.8, 4) is 0 Å². The van der Waals surface area contributed by atoms with Gasteiger partial charge in [-0.05, 0) is 30.7 Å². The molecular weight excluding hydrogens is 330 g/mol. The van der Waals surface area contributed by atoms with Crippen LogP contribution in [0.4, 0.5) is 23.5 Å². The van der Waals surface area contributed by atoms with Crippen LogP contribution in [-0.2, 0) is 17.4 Å². The number of aromatic nitrogens is 4. The fraction of sp³-hybridized carbons (Fsp3) is 0.214. The molecule has 0 bridgehead atoms. The number of nitrogens with zero attached hydrogens (tertiary/aromatic N) is 2. The topological polar surface area (TPSA) is 86.5 Å². The average Bonchev–Trinajstić information content (AvgIpc) is 3.05. The minimum Gasteiger partial charge on any atom is -0.358 e. The summed E-state index contributed by atoms with van der Waals surface area (Å²) in [5, 5.41) is 7.71. The van der Waals surface area contributed by atoms with Gasteiger partial charge in [0, 0.05) is 16.6 Å². The molecule has 3 rings (SSSR count). The van der Waals surface area contributed by atoms with Gasteiger partial charge in [-0.25, -0.2) is 4.39 Å². The average molecular weight is 341 g/mol. The number of aromatic amines is 2. The van der Waals surface area contributed by atoms with E-state index in [1.54, 1.807) is 18.1 Å². The molecule has 0 fully saturated rings. The molecule has 10 heteroatoms. The first-order chi connectivity index (χ1) is 11.2. The Morgan fingerprint density at radius 1 is 1.33 bits per heavy atom. The molecule has 0 radical (unpaired) electrons. The monoisotopic (exact) mass is 341 g/mol. The van der Waals surface area contributed by atoms with Gasteiger partial charge in [0.25, 0.3) is 0 Å². The number of nitrogens with one attached hydrogen (secondary N) is 3. The van der Waals surface area contributed by atoms with E-state index in [9.17, 15) is 22.4 Å². The van der Waals surface area contributed by atoms with Gasteiger partial charge in [-0.15, -0.1) is 5.10 Å². The molecule has 126 valence electrons. The molecule has 1 aromatic carbocycles. The standard InChI is InChI=1S/C14H11F4N5O/c1-6-8(9-4-7(15)2-3-10(9)19-6)5-11(24)20-13-21-12(22-23-13)14(16,17)18/h2-4,19H,5H2,1H3,(H2,20,21,22,23,24). The number of H-pyrrole nitrogens is 2. The number of rotatable bonds is 3. The molecule has 0 aliphatic carbocycles. The summed E-state index contributed by atoms with van der Waals surface area (Å²) in [5.74, 6) is -2.85. The Balaban J connectivity index is 1.79. The van der Waals surface area contributed by atoms with Crippen LogP contribution in [0.15, 0.2) is 18.2 Å². The third kappa shape index (κ3) is 3.07. The molecule has 3 N–H and O–H groups in total. The van der Waals surface area contributed by atoms with Crippen molar-refractivity contribution in [2.45, 2.75) is 19.5 Å². The van der Waals surface area contributed by atoms with Crippen LogP contribution in [0, 0.1) is 12.7 Å². The van der Waals surface area contributed by atoms with Crippen LogP contribution in [0.3, 0.4) is 0 Å². The Bertz CT molecular complexity index is 912. The summed E-state index contributed by atoms with van der Waals surface area (Å²) in [6, 6.07) is 4.12. The maximum atomic E-state index is 13.4. The number of hydrogen-bond donors (Lipinski definition) is 3. The highest BCUT2D eigenvalue weighted by Crippen LogP contribution is 2.26. The number of carbonyl (C=O) groups excluding carboxylic acids is 1. The summed E-state index contributed by atoms with van der Waals surface area (Å²) in [5.41, 5.74) is 1.87. The van der Waals surface area contributed by atoms with Crippen molar-refractivity contribution in [3.63, 3.8) is 0 Å². The molecule has 0 spiro atoms. The minimum atomic E-state index is -4.68. The molecule has 0 saturated heterocycles. The smallest absolute Gasteiger partial charge is 0.358 e. The largest absolute Gasteiger partial charge is 0.451 e. The fourth-order valence-corrected chi connectivity index (χ4v) is 2.36. The molecule has 0 atom stereocenters. The highest BCUT2D eigenvalue weighted by Gasteiger charge is 2.35. The summed E-state index contributed by atoms with van der Waals surface area (Å²) in [7, 11) is 0. The molecule has 1 amide bonds. The zero-order chi connectivity index (χ0) is 17.5. The van der Waals surface area contributed by atoms with Crippen LogP contribution in [-0.4, -0.2) is 26.1 Å². The Morgan fingerprint density at radius 2 is 2.08 bits per heavy atom. The summed E-state index contributed by atoms with van der Waals surface area (Å²) in [6.45, 7) is 1.72. The Kier molecular flexibility index (Phi) is 3.74.